The van der Waals surface area contributed by atoms with Gasteiger partial charge in [-0.05, 0) is 57.2 Å². The second-order valence-corrected chi connectivity index (χ2v) is 8.07. The van der Waals surface area contributed by atoms with Crippen LogP contribution in [0.1, 0.15) is 32.6 Å². The van der Waals surface area contributed by atoms with Crippen LogP contribution in [0.2, 0.25) is 10.0 Å². The number of benzene rings is 1. The predicted molar refractivity (Wildman–Crippen MR) is 105 cm³/mol. The summed E-state index contributed by atoms with van der Waals surface area (Å²) in [6.07, 6.45) is 4.24. The molecule has 3 rings (SSSR count). The number of carbonyl (C=O) groups is 2. The summed E-state index contributed by atoms with van der Waals surface area (Å²) in [5.74, 6) is 0.596. The molecule has 0 unspecified atom stereocenters. The first-order chi connectivity index (χ1) is 12.5. The van der Waals surface area contributed by atoms with Gasteiger partial charge in [-0.1, -0.05) is 29.3 Å². The maximum atomic E-state index is 12.6. The summed E-state index contributed by atoms with van der Waals surface area (Å²) in [6, 6.07) is 4.81. The van der Waals surface area contributed by atoms with E-state index in [1.54, 1.807) is 18.2 Å². The maximum Gasteiger partial charge on any atom is 0.241 e. The predicted octanol–water partition coefficient (Wildman–Crippen LogP) is 3.56. The average molecular weight is 398 g/mol. The van der Waals surface area contributed by atoms with Crippen LogP contribution in [0.3, 0.4) is 0 Å². The number of rotatable bonds is 6. The first kappa shape index (κ1) is 19.5. The fourth-order valence-corrected chi connectivity index (χ4v) is 3.63. The molecule has 5 nitrogen and oxygen atoms in total. The largest absolute Gasteiger partial charge is 0.356 e. The van der Waals surface area contributed by atoms with Crippen LogP contribution in [0.25, 0.3) is 0 Å². The summed E-state index contributed by atoms with van der Waals surface area (Å²) in [7, 11) is 0. The summed E-state index contributed by atoms with van der Waals surface area (Å²) in [6.45, 7) is 4.07. The third-order valence-electron chi connectivity index (χ3n) is 5.22. The van der Waals surface area contributed by atoms with E-state index in [-0.39, 0.29) is 23.8 Å². The number of hydrogen-bond acceptors (Lipinski definition) is 3. The Kier molecular flexibility index (Phi) is 6.43. The van der Waals surface area contributed by atoms with Gasteiger partial charge < -0.3 is 10.6 Å². The standard InChI is InChI=1S/C19H25Cl2N3O2/c1-12(18(25)23-16-6-2-5-15(20)17(16)21)24-9-3-4-14(11-24)19(26)22-10-13-7-8-13/h2,5-6,12-14H,3-4,7-11H2,1H3,(H,22,26)(H,23,25)/t12-,14+/m0/s1. The molecule has 7 heteroatoms. The van der Waals surface area contributed by atoms with Crippen molar-refractivity contribution in [3.63, 3.8) is 0 Å². The van der Waals surface area contributed by atoms with Gasteiger partial charge in [0.2, 0.25) is 11.8 Å². The summed E-state index contributed by atoms with van der Waals surface area (Å²) >= 11 is 12.1. The molecule has 2 aliphatic rings. The van der Waals surface area contributed by atoms with Crippen LogP contribution >= 0.6 is 23.2 Å². The van der Waals surface area contributed by atoms with Crippen LogP contribution in [0.5, 0.6) is 0 Å². The van der Waals surface area contributed by atoms with Crippen LogP contribution in [0, 0.1) is 11.8 Å². The Hall–Kier alpha value is -1.30. The Morgan fingerprint density at radius 3 is 2.77 bits per heavy atom. The minimum Gasteiger partial charge on any atom is -0.356 e. The SMILES string of the molecule is C[C@@H](C(=O)Nc1cccc(Cl)c1Cl)N1CCC[C@@H](C(=O)NCC2CC2)C1. The van der Waals surface area contributed by atoms with Gasteiger partial charge in [-0.2, -0.15) is 0 Å². The Morgan fingerprint density at radius 1 is 1.27 bits per heavy atom. The first-order valence-electron chi connectivity index (χ1n) is 9.22. The molecule has 0 bridgehead atoms. The normalized spacial score (nSPS) is 21.9. The van der Waals surface area contributed by atoms with Gasteiger partial charge in [0.1, 0.15) is 0 Å². The lowest BCUT2D eigenvalue weighted by molar-refractivity contribution is -0.129. The Balaban J connectivity index is 1.55. The molecular formula is C19H25Cl2N3O2. The van der Waals surface area contributed by atoms with Crippen molar-refractivity contribution in [2.75, 3.05) is 25.0 Å². The molecule has 26 heavy (non-hydrogen) atoms. The molecule has 0 radical (unpaired) electrons. The van der Waals surface area contributed by atoms with Crippen LogP contribution in [-0.2, 0) is 9.59 Å². The van der Waals surface area contributed by atoms with Gasteiger partial charge in [-0.25, -0.2) is 0 Å². The van der Waals surface area contributed by atoms with Gasteiger partial charge in [0.15, 0.2) is 0 Å². The number of piperidine rings is 1. The fraction of sp³-hybridized carbons (Fsp3) is 0.579. The zero-order valence-electron chi connectivity index (χ0n) is 14.9. The highest BCUT2D eigenvalue weighted by molar-refractivity contribution is 6.44. The van der Waals surface area contributed by atoms with E-state index in [0.29, 0.717) is 28.2 Å². The lowest BCUT2D eigenvalue weighted by Gasteiger charge is -2.35. The molecule has 1 aromatic carbocycles. The van der Waals surface area contributed by atoms with Crippen molar-refractivity contribution < 1.29 is 9.59 Å². The number of anilines is 1. The number of halogens is 2. The molecular weight excluding hydrogens is 373 g/mol. The third kappa shape index (κ3) is 4.90. The van der Waals surface area contributed by atoms with Gasteiger partial charge in [-0.3, -0.25) is 14.5 Å². The second kappa shape index (κ2) is 8.59. The molecule has 2 atom stereocenters. The van der Waals surface area contributed by atoms with Crippen molar-refractivity contribution in [3.05, 3.63) is 28.2 Å². The van der Waals surface area contributed by atoms with Crippen molar-refractivity contribution >= 4 is 40.7 Å². The fourth-order valence-electron chi connectivity index (χ4n) is 3.29. The number of amides is 2. The number of carbonyl (C=O) groups excluding carboxylic acids is 2. The van der Waals surface area contributed by atoms with Crippen molar-refractivity contribution in [1.82, 2.24) is 10.2 Å². The summed E-state index contributed by atoms with van der Waals surface area (Å²) in [5, 5.41) is 6.64. The average Bonchev–Trinajstić information content (AvgIpc) is 3.47. The highest BCUT2D eigenvalue weighted by atomic mass is 35.5. The van der Waals surface area contributed by atoms with Crippen LogP contribution < -0.4 is 10.6 Å². The molecule has 0 spiro atoms. The van der Waals surface area contributed by atoms with Crippen molar-refractivity contribution in [3.8, 4) is 0 Å². The molecule has 0 aromatic heterocycles. The second-order valence-electron chi connectivity index (χ2n) is 7.29. The summed E-state index contributed by atoms with van der Waals surface area (Å²) < 4.78 is 0. The lowest BCUT2D eigenvalue weighted by Crippen LogP contribution is -2.50. The van der Waals surface area contributed by atoms with Crippen molar-refractivity contribution in [1.29, 1.82) is 0 Å². The third-order valence-corrected chi connectivity index (χ3v) is 6.04. The minimum absolute atomic E-state index is 0.0486. The number of nitrogens with zero attached hydrogens (tertiary/aromatic N) is 1. The van der Waals surface area contributed by atoms with Gasteiger partial charge in [0, 0.05) is 13.1 Å². The van der Waals surface area contributed by atoms with Crippen LogP contribution in [0.4, 0.5) is 5.69 Å². The van der Waals surface area contributed by atoms with Crippen LogP contribution in [-0.4, -0.2) is 42.4 Å². The highest BCUT2D eigenvalue weighted by Crippen LogP contribution is 2.30. The Bertz CT molecular complexity index is 679. The van der Waals surface area contributed by atoms with Crippen molar-refractivity contribution in [2.24, 2.45) is 11.8 Å². The monoisotopic (exact) mass is 397 g/mol. The van der Waals surface area contributed by atoms with E-state index in [1.165, 1.54) is 12.8 Å². The van der Waals surface area contributed by atoms with Gasteiger partial charge in [-0.15, -0.1) is 0 Å². The van der Waals surface area contributed by atoms with Gasteiger partial charge >= 0.3 is 0 Å². The highest BCUT2D eigenvalue weighted by Gasteiger charge is 2.32. The number of hydrogen-bond donors (Lipinski definition) is 2. The van der Waals surface area contributed by atoms with Gasteiger partial charge in [0.05, 0.1) is 27.7 Å². The molecule has 142 valence electrons. The van der Waals surface area contributed by atoms with E-state index < -0.39 is 0 Å². The maximum absolute atomic E-state index is 12.6. The molecule has 1 aliphatic carbocycles. The minimum atomic E-state index is -0.343. The molecule has 1 aromatic rings. The van der Waals surface area contributed by atoms with Crippen LogP contribution in [0.15, 0.2) is 18.2 Å². The lowest BCUT2D eigenvalue weighted by atomic mass is 9.95. The Labute approximate surface area is 164 Å². The Morgan fingerprint density at radius 2 is 2.04 bits per heavy atom. The topological polar surface area (TPSA) is 61.4 Å². The number of nitrogens with one attached hydrogen (secondary N) is 2. The zero-order chi connectivity index (χ0) is 18.7. The van der Waals surface area contributed by atoms with E-state index in [4.69, 9.17) is 23.2 Å². The van der Waals surface area contributed by atoms with Crippen molar-refractivity contribution in [2.45, 2.75) is 38.6 Å². The summed E-state index contributed by atoms with van der Waals surface area (Å²) in [5.41, 5.74) is 0.506. The molecule has 2 N–H and O–H groups in total. The molecule has 1 heterocycles. The van der Waals surface area contributed by atoms with Gasteiger partial charge in [0.25, 0.3) is 0 Å². The smallest absolute Gasteiger partial charge is 0.241 e. The van der Waals surface area contributed by atoms with E-state index in [2.05, 4.69) is 15.5 Å². The van der Waals surface area contributed by atoms with E-state index in [9.17, 15) is 9.59 Å². The molecule has 2 amide bonds. The van der Waals surface area contributed by atoms with E-state index in [0.717, 1.165) is 25.9 Å². The molecule has 1 saturated carbocycles. The van der Waals surface area contributed by atoms with E-state index >= 15 is 0 Å². The zero-order valence-corrected chi connectivity index (χ0v) is 16.4. The molecule has 1 aliphatic heterocycles. The quantitative estimate of drug-likeness (QED) is 0.771. The molecule has 1 saturated heterocycles. The molecule has 2 fully saturated rings. The first-order valence-corrected chi connectivity index (χ1v) is 9.98. The summed E-state index contributed by atoms with van der Waals surface area (Å²) in [4.78, 5) is 27.1. The number of likely N-dealkylation sites (tertiary alicyclic amines) is 1. The van der Waals surface area contributed by atoms with E-state index in [1.807, 2.05) is 6.92 Å².